The maximum atomic E-state index is 14.0. The lowest BCUT2D eigenvalue weighted by atomic mass is 10.1. The van der Waals surface area contributed by atoms with Gasteiger partial charge in [0, 0.05) is 19.2 Å². The van der Waals surface area contributed by atoms with Gasteiger partial charge in [-0.25, -0.2) is 23.1 Å². The van der Waals surface area contributed by atoms with E-state index in [2.05, 4.69) is 15.0 Å². The Hall–Kier alpha value is -1.34. The lowest BCUT2D eigenvalue weighted by molar-refractivity contribution is -0.0117. The molecule has 0 bridgehead atoms. The van der Waals surface area contributed by atoms with Gasteiger partial charge in [0.15, 0.2) is 11.0 Å². The minimum atomic E-state index is -2.82. The maximum Gasteiger partial charge on any atom is 0.265 e. The number of anilines is 1. The van der Waals surface area contributed by atoms with E-state index in [0.29, 0.717) is 13.0 Å². The van der Waals surface area contributed by atoms with Crippen molar-refractivity contribution in [1.82, 2.24) is 15.0 Å². The van der Waals surface area contributed by atoms with Crippen LogP contribution in [0.3, 0.4) is 0 Å². The van der Waals surface area contributed by atoms with Crippen LogP contribution in [0.2, 0.25) is 10.4 Å². The quantitative estimate of drug-likeness (QED) is 0.588. The number of hydrogen-bond donors (Lipinski definition) is 0. The predicted molar refractivity (Wildman–Crippen MR) is 73.7 cm³/mol. The summed E-state index contributed by atoms with van der Waals surface area (Å²) in [5, 5.41) is -0.376. The van der Waals surface area contributed by atoms with Crippen LogP contribution in [0, 0.1) is 5.82 Å². The molecule has 3 heterocycles. The molecular formula is C12H9Cl2F3N4. The van der Waals surface area contributed by atoms with Crippen molar-refractivity contribution in [1.29, 1.82) is 0 Å². The van der Waals surface area contributed by atoms with Gasteiger partial charge in [0.25, 0.3) is 5.92 Å². The third-order valence-corrected chi connectivity index (χ3v) is 3.72. The number of aromatic nitrogens is 3. The largest absolute Gasteiger partial charge is 0.350 e. The fraction of sp³-hybridized carbons (Fsp3) is 0.417. The lowest BCUT2D eigenvalue weighted by Crippen LogP contribution is -2.43. The van der Waals surface area contributed by atoms with Crippen LogP contribution in [0.1, 0.15) is 12.8 Å². The van der Waals surface area contributed by atoms with Crippen LogP contribution in [0.25, 0.3) is 10.9 Å². The van der Waals surface area contributed by atoms with Gasteiger partial charge in [0.2, 0.25) is 5.28 Å². The van der Waals surface area contributed by atoms with Crippen LogP contribution in [0.4, 0.5) is 19.0 Å². The first-order chi connectivity index (χ1) is 9.87. The molecule has 0 radical (unpaired) electrons. The molecule has 9 heteroatoms. The summed E-state index contributed by atoms with van der Waals surface area (Å²) in [5.41, 5.74) is -0.126. The third-order valence-electron chi connectivity index (χ3n) is 3.29. The van der Waals surface area contributed by atoms with Crippen molar-refractivity contribution < 1.29 is 13.2 Å². The van der Waals surface area contributed by atoms with Gasteiger partial charge in [-0.15, -0.1) is 0 Å². The zero-order chi connectivity index (χ0) is 15.2. The summed E-state index contributed by atoms with van der Waals surface area (Å²) in [5.74, 6) is -3.52. The van der Waals surface area contributed by atoms with Crippen molar-refractivity contribution in [3.63, 3.8) is 0 Å². The zero-order valence-electron chi connectivity index (χ0n) is 10.6. The molecule has 3 rings (SSSR count). The Kier molecular flexibility index (Phi) is 3.57. The predicted octanol–water partition coefficient (Wildman–Crippen LogP) is 3.71. The van der Waals surface area contributed by atoms with Crippen LogP contribution >= 0.6 is 23.2 Å². The van der Waals surface area contributed by atoms with Gasteiger partial charge >= 0.3 is 0 Å². The minimum Gasteiger partial charge on any atom is -0.350 e. The Balaban J connectivity index is 2.16. The number of fused-ring (bicyclic) bond motifs is 1. The van der Waals surface area contributed by atoms with E-state index in [1.165, 1.54) is 11.1 Å². The normalized spacial score (nSPS) is 18.2. The zero-order valence-corrected chi connectivity index (χ0v) is 12.1. The SMILES string of the molecule is Fc1c(Cl)ncc2c(N3CCCC(F)(F)C3)nc(Cl)nc12. The van der Waals surface area contributed by atoms with Crippen LogP contribution in [-0.4, -0.2) is 34.0 Å². The number of halogens is 5. The first-order valence-corrected chi connectivity index (χ1v) is 6.93. The van der Waals surface area contributed by atoms with Crippen LogP contribution in [0.5, 0.6) is 0 Å². The summed E-state index contributed by atoms with van der Waals surface area (Å²) < 4.78 is 41.1. The molecule has 0 N–H and O–H groups in total. The smallest absolute Gasteiger partial charge is 0.265 e. The number of rotatable bonds is 1. The molecular weight excluding hydrogens is 328 g/mol. The average Bonchev–Trinajstić information content (AvgIpc) is 2.41. The molecule has 0 atom stereocenters. The first kappa shape index (κ1) is 14.6. The van der Waals surface area contributed by atoms with E-state index in [4.69, 9.17) is 23.2 Å². The summed E-state index contributed by atoms with van der Waals surface area (Å²) in [6.45, 7) is -0.123. The number of alkyl halides is 2. The molecule has 1 fully saturated rings. The summed E-state index contributed by atoms with van der Waals surface area (Å²) in [4.78, 5) is 12.8. The summed E-state index contributed by atoms with van der Waals surface area (Å²) in [6, 6.07) is 0. The van der Waals surface area contributed by atoms with E-state index in [1.54, 1.807) is 0 Å². The Morgan fingerprint density at radius 2 is 2.00 bits per heavy atom. The molecule has 0 aromatic carbocycles. The van der Waals surface area contributed by atoms with Gasteiger partial charge in [-0.1, -0.05) is 11.6 Å². The molecule has 4 nitrogen and oxygen atoms in total. The highest BCUT2D eigenvalue weighted by Gasteiger charge is 2.36. The number of pyridine rings is 1. The molecule has 0 amide bonds. The van der Waals surface area contributed by atoms with Crippen LogP contribution in [0.15, 0.2) is 6.20 Å². The molecule has 0 unspecified atom stereocenters. The van der Waals surface area contributed by atoms with Crippen molar-refractivity contribution in [2.24, 2.45) is 0 Å². The van der Waals surface area contributed by atoms with E-state index < -0.39 is 18.3 Å². The maximum absolute atomic E-state index is 14.0. The van der Waals surface area contributed by atoms with Gasteiger partial charge in [-0.05, 0) is 18.0 Å². The number of nitrogens with zero attached hydrogens (tertiary/aromatic N) is 4. The molecule has 0 spiro atoms. The van der Waals surface area contributed by atoms with E-state index in [9.17, 15) is 13.2 Å². The monoisotopic (exact) mass is 336 g/mol. The Labute approximate surface area is 127 Å². The van der Waals surface area contributed by atoms with Crippen molar-refractivity contribution in [3.8, 4) is 0 Å². The highest BCUT2D eigenvalue weighted by Crippen LogP contribution is 2.34. The summed E-state index contributed by atoms with van der Waals surface area (Å²) in [6.07, 6.45) is 1.39. The second-order valence-electron chi connectivity index (χ2n) is 4.82. The number of piperidine rings is 1. The fourth-order valence-electron chi connectivity index (χ4n) is 2.38. The lowest BCUT2D eigenvalue weighted by Gasteiger charge is -2.33. The highest BCUT2D eigenvalue weighted by atomic mass is 35.5. The first-order valence-electron chi connectivity index (χ1n) is 6.17. The Bertz CT molecular complexity index is 710. The van der Waals surface area contributed by atoms with Crippen molar-refractivity contribution >= 4 is 39.9 Å². The molecule has 112 valence electrons. The third kappa shape index (κ3) is 2.72. The molecule has 2 aromatic heterocycles. The van der Waals surface area contributed by atoms with Crippen LogP contribution < -0.4 is 4.90 Å². The van der Waals surface area contributed by atoms with E-state index in [-0.39, 0.29) is 33.6 Å². The summed E-state index contributed by atoms with van der Waals surface area (Å²) in [7, 11) is 0. The van der Waals surface area contributed by atoms with Crippen molar-refractivity contribution in [2.75, 3.05) is 18.0 Å². The van der Waals surface area contributed by atoms with E-state index in [0.717, 1.165) is 0 Å². The van der Waals surface area contributed by atoms with Gasteiger partial charge < -0.3 is 4.90 Å². The Morgan fingerprint density at radius 3 is 2.71 bits per heavy atom. The molecule has 1 aliphatic heterocycles. The highest BCUT2D eigenvalue weighted by molar-refractivity contribution is 6.30. The summed E-state index contributed by atoms with van der Waals surface area (Å²) >= 11 is 11.4. The van der Waals surface area contributed by atoms with Gasteiger partial charge in [0.1, 0.15) is 11.3 Å². The van der Waals surface area contributed by atoms with E-state index >= 15 is 0 Å². The fourth-order valence-corrected chi connectivity index (χ4v) is 2.68. The standard InChI is InChI=1S/C12H9Cl2F3N4/c13-9-7(15)8-6(4-18-9)10(20-11(14)19-8)21-3-1-2-12(16,17)5-21/h4H,1-3,5H2. The number of hydrogen-bond acceptors (Lipinski definition) is 4. The molecule has 1 saturated heterocycles. The second kappa shape index (κ2) is 5.14. The molecule has 1 aliphatic rings. The Morgan fingerprint density at radius 1 is 1.24 bits per heavy atom. The van der Waals surface area contributed by atoms with Crippen LogP contribution in [-0.2, 0) is 0 Å². The molecule has 2 aromatic rings. The van der Waals surface area contributed by atoms with Crippen molar-refractivity contribution in [2.45, 2.75) is 18.8 Å². The minimum absolute atomic E-state index is 0.126. The van der Waals surface area contributed by atoms with Gasteiger partial charge in [-0.3, -0.25) is 0 Å². The van der Waals surface area contributed by atoms with Crippen molar-refractivity contribution in [3.05, 3.63) is 22.5 Å². The van der Waals surface area contributed by atoms with Gasteiger partial charge in [-0.2, -0.15) is 4.98 Å². The van der Waals surface area contributed by atoms with E-state index in [1.807, 2.05) is 0 Å². The van der Waals surface area contributed by atoms with Gasteiger partial charge in [0.05, 0.1) is 11.9 Å². The molecule has 21 heavy (non-hydrogen) atoms. The second-order valence-corrected chi connectivity index (χ2v) is 5.52. The molecule has 0 saturated carbocycles. The topological polar surface area (TPSA) is 41.9 Å². The molecule has 0 aliphatic carbocycles. The average molecular weight is 337 g/mol.